The Hall–Kier alpha value is -1.72. The van der Waals surface area contributed by atoms with Crippen molar-refractivity contribution in [2.24, 2.45) is 5.73 Å². The van der Waals surface area contributed by atoms with Crippen molar-refractivity contribution in [3.8, 4) is 0 Å². The molecule has 0 bridgehead atoms. The minimum absolute atomic E-state index is 0.378. The van der Waals surface area contributed by atoms with Crippen molar-refractivity contribution < 1.29 is 4.79 Å². The average Bonchev–Trinajstić information content (AvgIpc) is 2.79. The lowest BCUT2D eigenvalue weighted by Crippen LogP contribution is -2.13. The van der Waals surface area contributed by atoms with Gasteiger partial charge in [-0.3, -0.25) is 9.78 Å². The summed E-state index contributed by atoms with van der Waals surface area (Å²) >= 11 is 1.53. The molecule has 0 aliphatic carbocycles. The quantitative estimate of drug-likeness (QED) is 0.842. The van der Waals surface area contributed by atoms with Crippen LogP contribution in [-0.4, -0.2) is 10.9 Å². The normalized spacial score (nSPS) is 10.4. The minimum atomic E-state index is -0.378. The van der Waals surface area contributed by atoms with E-state index >= 15 is 0 Å². The third-order valence-corrected chi connectivity index (χ3v) is 3.21. The number of thiophene rings is 1. The SMILES string of the molecule is NC(=O)c1csc(CNCc2ccccn2)c1. The molecule has 2 rings (SSSR count). The highest BCUT2D eigenvalue weighted by Crippen LogP contribution is 2.13. The van der Waals surface area contributed by atoms with E-state index in [2.05, 4.69) is 10.3 Å². The molecule has 3 N–H and O–H groups in total. The number of aromatic nitrogens is 1. The number of carbonyl (C=O) groups excluding carboxylic acids is 1. The van der Waals surface area contributed by atoms with Gasteiger partial charge in [-0.05, 0) is 18.2 Å². The molecule has 1 amide bonds. The lowest BCUT2D eigenvalue weighted by molar-refractivity contribution is 0.100. The topological polar surface area (TPSA) is 68.0 Å². The monoisotopic (exact) mass is 247 g/mol. The first-order chi connectivity index (χ1) is 8.25. The molecule has 2 aromatic rings. The Morgan fingerprint density at radius 2 is 2.29 bits per heavy atom. The first kappa shape index (κ1) is 11.8. The van der Waals surface area contributed by atoms with Crippen LogP contribution in [-0.2, 0) is 13.1 Å². The van der Waals surface area contributed by atoms with E-state index in [9.17, 15) is 4.79 Å². The Bertz CT molecular complexity index is 495. The average molecular weight is 247 g/mol. The zero-order valence-electron chi connectivity index (χ0n) is 9.22. The van der Waals surface area contributed by atoms with Crippen molar-refractivity contribution in [3.05, 3.63) is 52.0 Å². The van der Waals surface area contributed by atoms with E-state index in [-0.39, 0.29) is 5.91 Å². The van der Waals surface area contributed by atoms with Crippen LogP contribution in [0.4, 0.5) is 0 Å². The number of nitrogens with one attached hydrogen (secondary N) is 1. The maximum atomic E-state index is 10.9. The van der Waals surface area contributed by atoms with Crippen molar-refractivity contribution in [2.45, 2.75) is 13.1 Å². The Kier molecular flexibility index (Phi) is 3.85. The Labute approximate surface area is 103 Å². The van der Waals surface area contributed by atoms with Crippen LogP contribution in [0.1, 0.15) is 20.9 Å². The number of pyridine rings is 1. The number of carbonyl (C=O) groups is 1. The molecule has 0 aliphatic heterocycles. The maximum Gasteiger partial charge on any atom is 0.249 e. The maximum absolute atomic E-state index is 10.9. The molecule has 0 unspecified atom stereocenters. The van der Waals surface area contributed by atoms with Crippen molar-refractivity contribution in [1.29, 1.82) is 0 Å². The molecule has 17 heavy (non-hydrogen) atoms. The van der Waals surface area contributed by atoms with Crippen LogP contribution in [0.15, 0.2) is 35.8 Å². The zero-order chi connectivity index (χ0) is 12.1. The van der Waals surface area contributed by atoms with Crippen LogP contribution >= 0.6 is 11.3 Å². The van der Waals surface area contributed by atoms with Crippen LogP contribution < -0.4 is 11.1 Å². The molecule has 0 saturated carbocycles. The number of nitrogens with zero attached hydrogens (tertiary/aromatic N) is 1. The molecule has 0 aromatic carbocycles. The molecule has 0 aliphatic rings. The van der Waals surface area contributed by atoms with Gasteiger partial charge in [0.25, 0.3) is 0 Å². The Balaban J connectivity index is 1.84. The van der Waals surface area contributed by atoms with E-state index < -0.39 is 0 Å². The Morgan fingerprint density at radius 3 is 2.94 bits per heavy atom. The fourth-order valence-electron chi connectivity index (χ4n) is 1.42. The summed E-state index contributed by atoms with van der Waals surface area (Å²) in [6.07, 6.45) is 1.77. The van der Waals surface area contributed by atoms with Gasteiger partial charge in [0.15, 0.2) is 0 Å². The number of amides is 1. The van der Waals surface area contributed by atoms with Crippen LogP contribution in [0.2, 0.25) is 0 Å². The summed E-state index contributed by atoms with van der Waals surface area (Å²) in [5.74, 6) is -0.378. The molecule has 2 heterocycles. The fourth-order valence-corrected chi connectivity index (χ4v) is 2.26. The lowest BCUT2D eigenvalue weighted by Gasteiger charge is -2.01. The molecule has 0 fully saturated rings. The molecular formula is C12H13N3OS. The summed E-state index contributed by atoms with van der Waals surface area (Å²) in [4.78, 5) is 16.2. The van der Waals surface area contributed by atoms with Crippen LogP contribution in [0.3, 0.4) is 0 Å². The van der Waals surface area contributed by atoms with E-state index in [1.165, 1.54) is 11.3 Å². The fraction of sp³-hybridized carbons (Fsp3) is 0.167. The summed E-state index contributed by atoms with van der Waals surface area (Å²) in [5, 5.41) is 5.04. The van der Waals surface area contributed by atoms with Gasteiger partial charge in [-0.1, -0.05) is 6.07 Å². The molecule has 2 aromatic heterocycles. The molecule has 0 atom stereocenters. The predicted molar refractivity (Wildman–Crippen MR) is 67.6 cm³/mol. The first-order valence-electron chi connectivity index (χ1n) is 5.23. The van der Waals surface area contributed by atoms with Gasteiger partial charge >= 0.3 is 0 Å². The van der Waals surface area contributed by atoms with Crippen molar-refractivity contribution >= 4 is 17.2 Å². The van der Waals surface area contributed by atoms with Gasteiger partial charge in [-0.2, -0.15) is 0 Å². The third-order valence-electron chi connectivity index (χ3n) is 2.27. The highest BCUT2D eigenvalue weighted by atomic mass is 32.1. The first-order valence-corrected chi connectivity index (χ1v) is 6.11. The summed E-state index contributed by atoms with van der Waals surface area (Å²) in [6.45, 7) is 1.43. The largest absolute Gasteiger partial charge is 0.366 e. The van der Waals surface area contributed by atoms with Gasteiger partial charge in [-0.25, -0.2) is 0 Å². The lowest BCUT2D eigenvalue weighted by atomic mass is 10.3. The Morgan fingerprint density at radius 1 is 1.41 bits per heavy atom. The van der Waals surface area contributed by atoms with Gasteiger partial charge < -0.3 is 11.1 Å². The minimum Gasteiger partial charge on any atom is -0.366 e. The highest BCUT2D eigenvalue weighted by Gasteiger charge is 2.04. The molecule has 4 nitrogen and oxygen atoms in total. The standard InChI is InChI=1S/C12H13N3OS/c13-12(16)9-5-11(17-8-9)7-14-6-10-3-1-2-4-15-10/h1-5,8,14H,6-7H2,(H2,13,16). The van der Waals surface area contributed by atoms with E-state index in [0.717, 1.165) is 10.6 Å². The second-order valence-electron chi connectivity index (χ2n) is 3.59. The number of hydrogen-bond donors (Lipinski definition) is 2. The molecule has 0 saturated heterocycles. The van der Waals surface area contributed by atoms with Crippen LogP contribution in [0.5, 0.6) is 0 Å². The summed E-state index contributed by atoms with van der Waals surface area (Å²) in [5.41, 5.74) is 6.76. The van der Waals surface area contributed by atoms with Crippen molar-refractivity contribution in [3.63, 3.8) is 0 Å². The molecule has 0 radical (unpaired) electrons. The van der Waals surface area contributed by atoms with Crippen molar-refractivity contribution in [2.75, 3.05) is 0 Å². The number of hydrogen-bond acceptors (Lipinski definition) is 4. The molecule has 0 spiro atoms. The van der Waals surface area contributed by atoms with E-state index in [1.807, 2.05) is 24.3 Å². The second-order valence-corrected chi connectivity index (χ2v) is 4.59. The molecule has 5 heteroatoms. The van der Waals surface area contributed by atoms with Gasteiger partial charge in [-0.15, -0.1) is 11.3 Å². The molecular weight excluding hydrogens is 234 g/mol. The van der Waals surface area contributed by atoms with Crippen LogP contribution in [0.25, 0.3) is 0 Å². The number of nitrogens with two attached hydrogens (primary N) is 1. The number of rotatable bonds is 5. The van der Waals surface area contributed by atoms with E-state index in [0.29, 0.717) is 18.7 Å². The number of primary amides is 1. The van der Waals surface area contributed by atoms with E-state index in [4.69, 9.17) is 5.73 Å². The van der Waals surface area contributed by atoms with Crippen LogP contribution in [0, 0.1) is 0 Å². The summed E-state index contributed by atoms with van der Waals surface area (Å²) < 4.78 is 0. The second kappa shape index (κ2) is 5.56. The van der Waals surface area contributed by atoms with Gasteiger partial charge in [0.05, 0.1) is 11.3 Å². The molecule has 88 valence electrons. The summed E-state index contributed by atoms with van der Waals surface area (Å²) in [6, 6.07) is 7.64. The summed E-state index contributed by atoms with van der Waals surface area (Å²) in [7, 11) is 0. The van der Waals surface area contributed by atoms with Gasteiger partial charge in [0, 0.05) is 29.5 Å². The van der Waals surface area contributed by atoms with Gasteiger partial charge in [0.2, 0.25) is 5.91 Å². The van der Waals surface area contributed by atoms with Gasteiger partial charge in [0.1, 0.15) is 0 Å². The predicted octanol–water partition coefficient (Wildman–Crippen LogP) is 1.53. The zero-order valence-corrected chi connectivity index (χ0v) is 10.0. The van der Waals surface area contributed by atoms with Crippen molar-refractivity contribution in [1.82, 2.24) is 10.3 Å². The third kappa shape index (κ3) is 3.37. The highest BCUT2D eigenvalue weighted by molar-refractivity contribution is 7.10. The van der Waals surface area contributed by atoms with E-state index in [1.54, 1.807) is 11.6 Å². The smallest absolute Gasteiger partial charge is 0.249 e.